The quantitative estimate of drug-likeness (QED) is 0.626. The van der Waals surface area contributed by atoms with E-state index in [4.69, 9.17) is 4.74 Å². The Hall–Kier alpha value is -2.10. The summed E-state index contributed by atoms with van der Waals surface area (Å²) in [5.74, 6) is 0.416. The van der Waals surface area contributed by atoms with E-state index in [1.807, 2.05) is 31.2 Å². The molecule has 0 saturated heterocycles. The van der Waals surface area contributed by atoms with Gasteiger partial charge in [0.25, 0.3) is 0 Å². The first kappa shape index (κ1) is 11.4. The second kappa shape index (κ2) is 4.82. The van der Waals surface area contributed by atoms with Crippen LogP contribution in [-0.4, -0.2) is 18.4 Å². The van der Waals surface area contributed by atoms with E-state index in [9.17, 15) is 4.79 Å². The number of ether oxygens (including phenoxy) is 1. The summed E-state index contributed by atoms with van der Waals surface area (Å²) >= 11 is 0. The van der Waals surface area contributed by atoms with E-state index in [0.29, 0.717) is 6.61 Å². The summed E-state index contributed by atoms with van der Waals surface area (Å²) in [6.45, 7) is 4.01. The van der Waals surface area contributed by atoms with Crippen LogP contribution < -0.4 is 5.32 Å². The van der Waals surface area contributed by atoms with Crippen molar-refractivity contribution >= 4 is 23.2 Å². The minimum absolute atomic E-state index is 0.348. The fraction of sp³-hybridized carbons (Fsp3) is 0.231. The highest BCUT2D eigenvalue weighted by molar-refractivity contribution is 6.01. The third-order valence-electron chi connectivity index (χ3n) is 2.35. The lowest BCUT2D eigenvalue weighted by Gasteiger charge is -2.18. The molecule has 1 aromatic rings. The van der Waals surface area contributed by atoms with Gasteiger partial charge in [0.15, 0.2) is 0 Å². The van der Waals surface area contributed by atoms with Gasteiger partial charge < -0.3 is 10.1 Å². The van der Waals surface area contributed by atoms with E-state index in [0.717, 1.165) is 22.8 Å². The summed E-state index contributed by atoms with van der Waals surface area (Å²) in [5, 5.41) is 3.07. The Morgan fingerprint density at radius 2 is 2.24 bits per heavy atom. The van der Waals surface area contributed by atoms with E-state index >= 15 is 0 Å². The molecule has 0 unspecified atom stereocenters. The smallest absolute Gasteiger partial charge is 0.332 e. The molecule has 2 rings (SSSR count). The van der Waals surface area contributed by atoms with Crippen molar-refractivity contribution in [2.75, 3.05) is 6.61 Å². The number of carbonyl (C=O) groups excluding carboxylic acids is 1. The molecule has 0 aromatic heterocycles. The summed E-state index contributed by atoms with van der Waals surface area (Å²) in [6.07, 6.45) is 1.46. The standard InChI is InChI=1S/C13H14N2O2/c1-3-17-13(16)8-12-10-6-4-5-7-11(10)14-9(2)15-12/h4-8H,3H2,1-2H3,(H,14,15)/b12-8-. The number of benzene rings is 1. The number of nitrogens with one attached hydrogen (secondary N) is 1. The van der Waals surface area contributed by atoms with Crippen molar-refractivity contribution in [3.8, 4) is 0 Å². The molecule has 0 amide bonds. The van der Waals surface area contributed by atoms with Crippen molar-refractivity contribution in [2.24, 2.45) is 4.99 Å². The van der Waals surface area contributed by atoms with Gasteiger partial charge in [-0.3, -0.25) is 0 Å². The minimum atomic E-state index is -0.348. The van der Waals surface area contributed by atoms with Gasteiger partial charge in [-0.05, 0) is 19.9 Å². The Bertz CT molecular complexity index is 504. The Balaban J connectivity index is 2.38. The third kappa shape index (κ3) is 2.53. The Labute approximate surface area is 100 Å². The van der Waals surface area contributed by atoms with Gasteiger partial charge in [-0.15, -0.1) is 0 Å². The van der Waals surface area contributed by atoms with Gasteiger partial charge in [0.05, 0.1) is 18.0 Å². The van der Waals surface area contributed by atoms with E-state index < -0.39 is 0 Å². The predicted octanol–water partition coefficient (Wildman–Crippen LogP) is 2.24. The van der Waals surface area contributed by atoms with Crippen LogP contribution >= 0.6 is 0 Å². The van der Waals surface area contributed by atoms with Crippen LogP contribution in [0.5, 0.6) is 0 Å². The van der Waals surface area contributed by atoms with E-state index in [2.05, 4.69) is 10.3 Å². The second-order valence-electron chi connectivity index (χ2n) is 3.65. The summed E-state index contributed by atoms with van der Waals surface area (Å²) in [4.78, 5) is 15.8. The number of fused-ring (bicyclic) bond motifs is 1. The first-order chi connectivity index (χ1) is 8.20. The Kier molecular flexibility index (Phi) is 3.23. The van der Waals surface area contributed by atoms with Crippen LogP contribution in [0, 0.1) is 0 Å². The normalized spacial score (nSPS) is 15.9. The molecule has 4 heteroatoms. The van der Waals surface area contributed by atoms with Crippen LogP contribution in [0.25, 0.3) is 5.70 Å². The highest BCUT2D eigenvalue weighted by atomic mass is 16.5. The maximum Gasteiger partial charge on any atom is 0.332 e. The summed E-state index contributed by atoms with van der Waals surface area (Å²) < 4.78 is 4.90. The van der Waals surface area contributed by atoms with Crippen molar-refractivity contribution in [3.63, 3.8) is 0 Å². The first-order valence-corrected chi connectivity index (χ1v) is 5.51. The number of carbonyl (C=O) groups is 1. The van der Waals surface area contributed by atoms with Crippen molar-refractivity contribution in [1.29, 1.82) is 0 Å². The average Bonchev–Trinajstić information content (AvgIpc) is 2.29. The average molecular weight is 230 g/mol. The monoisotopic (exact) mass is 230 g/mol. The number of esters is 1. The molecule has 0 spiro atoms. The van der Waals surface area contributed by atoms with Crippen molar-refractivity contribution in [3.05, 3.63) is 35.9 Å². The topological polar surface area (TPSA) is 50.7 Å². The summed E-state index contributed by atoms with van der Waals surface area (Å²) in [6, 6.07) is 7.67. The molecule has 1 N–H and O–H groups in total. The number of aliphatic imine (C=N–C) groups is 1. The minimum Gasteiger partial charge on any atom is -0.463 e. The maximum atomic E-state index is 11.4. The van der Waals surface area contributed by atoms with Crippen LogP contribution in [0.2, 0.25) is 0 Å². The second-order valence-corrected chi connectivity index (χ2v) is 3.65. The van der Waals surface area contributed by atoms with E-state index in [1.54, 1.807) is 6.92 Å². The van der Waals surface area contributed by atoms with Crippen LogP contribution in [0.1, 0.15) is 19.4 Å². The van der Waals surface area contributed by atoms with Gasteiger partial charge >= 0.3 is 5.97 Å². The SMILES string of the molecule is CCOC(=O)/C=C1\NC(C)=Nc2ccccc21. The van der Waals surface area contributed by atoms with Crippen LogP contribution in [-0.2, 0) is 9.53 Å². The molecule has 0 bridgehead atoms. The van der Waals surface area contributed by atoms with E-state index in [-0.39, 0.29) is 5.97 Å². The fourth-order valence-corrected chi connectivity index (χ4v) is 1.69. The van der Waals surface area contributed by atoms with Crippen molar-refractivity contribution < 1.29 is 9.53 Å². The number of hydrogen-bond acceptors (Lipinski definition) is 4. The fourth-order valence-electron chi connectivity index (χ4n) is 1.69. The molecule has 1 aliphatic heterocycles. The van der Waals surface area contributed by atoms with Crippen LogP contribution in [0.3, 0.4) is 0 Å². The van der Waals surface area contributed by atoms with Gasteiger partial charge in [0.1, 0.15) is 5.84 Å². The molecule has 88 valence electrons. The summed E-state index contributed by atoms with van der Waals surface area (Å²) in [7, 11) is 0. The molecular formula is C13H14N2O2. The third-order valence-corrected chi connectivity index (χ3v) is 2.35. The van der Waals surface area contributed by atoms with Gasteiger partial charge in [0.2, 0.25) is 0 Å². The largest absolute Gasteiger partial charge is 0.463 e. The lowest BCUT2D eigenvalue weighted by atomic mass is 10.1. The van der Waals surface area contributed by atoms with Crippen LogP contribution in [0.15, 0.2) is 35.3 Å². The van der Waals surface area contributed by atoms with Gasteiger partial charge in [-0.25, -0.2) is 9.79 Å². The molecule has 1 aromatic carbocycles. The number of hydrogen-bond donors (Lipinski definition) is 1. The zero-order valence-electron chi connectivity index (χ0n) is 9.86. The summed E-state index contributed by atoms with van der Waals surface area (Å²) in [5.41, 5.74) is 2.50. The van der Waals surface area contributed by atoms with E-state index in [1.165, 1.54) is 6.08 Å². The first-order valence-electron chi connectivity index (χ1n) is 5.51. The molecule has 0 atom stereocenters. The highest BCUT2D eigenvalue weighted by Gasteiger charge is 2.14. The Morgan fingerprint density at radius 1 is 1.47 bits per heavy atom. The van der Waals surface area contributed by atoms with Crippen LogP contribution in [0.4, 0.5) is 5.69 Å². The number of para-hydroxylation sites is 1. The van der Waals surface area contributed by atoms with Gasteiger partial charge in [0, 0.05) is 11.6 Å². The number of amidine groups is 1. The molecule has 1 heterocycles. The predicted molar refractivity (Wildman–Crippen MR) is 67.0 cm³/mol. The molecule has 0 fully saturated rings. The number of rotatable bonds is 2. The van der Waals surface area contributed by atoms with Gasteiger partial charge in [-0.2, -0.15) is 0 Å². The molecule has 1 aliphatic rings. The van der Waals surface area contributed by atoms with Crippen molar-refractivity contribution in [1.82, 2.24) is 5.32 Å². The maximum absolute atomic E-state index is 11.4. The molecule has 0 aliphatic carbocycles. The highest BCUT2D eigenvalue weighted by Crippen LogP contribution is 2.28. The Morgan fingerprint density at radius 3 is 3.00 bits per heavy atom. The molecule has 0 saturated carbocycles. The van der Waals surface area contributed by atoms with Crippen molar-refractivity contribution in [2.45, 2.75) is 13.8 Å². The zero-order valence-corrected chi connectivity index (χ0v) is 9.86. The lowest BCUT2D eigenvalue weighted by molar-refractivity contribution is -0.137. The lowest BCUT2D eigenvalue weighted by Crippen LogP contribution is -2.23. The number of nitrogens with zero attached hydrogens (tertiary/aromatic N) is 1. The molecular weight excluding hydrogens is 216 g/mol. The molecule has 17 heavy (non-hydrogen) atoms. The molecule has 0 radical (unpaired) electrons. The van der Waals surface area contributed by atoms with Gasteiger partial charge in [-0.1, -0.05) is 18.2 Å². The zero-order chi connectivity index (χ0) is 12.3. The molecule has 4 nitrogen and oxygen atoms in total.